The van der Waals surface area contributed by atoms with E-state index in [-0.39, 0.29) is 17.2 Å². The molecule has 8 nitrogen and oxygen atoms in total. The first-order valence-electron chi connectivity index (χ1n) is 8.90. The third kappa shape index (κ3) is 3.85. The first kappa shape index (κ1) is 18.8. The smallest absolute Gasteiger partial charge is 0.282 e. The Labute approximate surface area is 170 Å². The molecule has 4 rings (SSSR count). The van der Waals surface area contributed by atoms with Crippen molar-refractivity contribution in [2.45, 2.75) is 13.0 Å². The van der Waals surface area contributed by atoms with Gasteiger partial charge in [-0.1, -0.05) is 41.7 Å². The van der Waals surface area contributed by atoms with Crippen LogP contribution in [0, 0.1) is 10.1 Å². The number of hydrogen-bond donors (Lipinski definition) is 1. The van der Waals surface area contributed by atoms with Gasteiger partial charge < -0.3 is 4.90 Å². The molecule has 3 aromatic rings. The van der Waals surface area contributed by atoms with E-state index in [2.05, 4.69) is 10.3 Å². The number of fused-ring (bicyclic) bond motifs is 1. The van der Waals surface area contributed by atoms with Gasteiger partial charge in [-0.25, -0.2) is 4.98 Å². The normalized spacial score (nSPS) is 12.9. The van der Waals surface area contributed by atoms with Crippen LogP contribution in [0.25, 0.3) is 0 Å². The molecule has 0 saturated heterocycles. The van der Waals surface area contributed by atoms with Crippen LogP contribution in [0.5, 0.6) is 0 Å². The second-order valence-electron chi connectivity index (χ2n) is 6.46. The number of para-hydroxylation sites is 1. The number of carbonyl (C=O) groups is 2. The number of nitrogens with one attached hydrogen (secondary N) is 1. The van der Waals surface area contributed by atoms with Gasteiger partial charge in [0.25, 0.3) is 17.5 Å². The number of anilines is 1. The number of aromatic nitrogens is 1. The number of amides is 2. The third-order valence-electron chi connectivity index (χ3n) is 4.61. The van der Waals surface area contributed by atoms with Gasteiger partial charge in [0.15, 0.2) is 5.13 Å². The highest BCUT2D eigenvalue weighted by molar-refractivity contribution is 7.15. The van der Waals surface area contributed by atoms with E-state index in [1.165, 1.54) is 29.5 Å². The van der Waals surface area contributed by atoms with Crippen LogP contribution in [-0.2, 0) is 13.0 Å². The number of thiazole rings is 1. The molecule has 0 fully saturated rings. The second-order valence-corrected chi connectivity index (χ2v) is 7.54. The molecule has 1 N–H and O–H groups in total. The molecule has 146 valence electrons. The molecule has 0 unspecified atom stereocenters. The summed E-state index contributed by atoms with van der Waals surface area (Å²) in [5.74, 6) is -0.629. The van der Waals surface area contributed by atoms with E-state index in [9.17, 15) is 19.7 Å². The van der Waals surface area contributed by atoms with Crippen molar-refractivity contribution in [2.24, 2.45) is 0 Å². The molecule has 1 aromatic heterocycles. The minimum atomic E-state index is -0.588. The quantitative estimate of drug-likeness (QED) is 0.525. The molecule has 1 aliphatic heterocycles. The molecule has 0 spiro atoms. The molecule has 0 saturated carbocycles. The first-order chi connectivity index (χ1) is 14.0. The Hall–Kier alpha value is -3.59. The fraction of sp³-hybridized carbons (Fsp3) is 0.150. The minimum absolute atomic E-state index is 0.0217. The van der Waals surface area contributed by atoms with E-state index in [1.807, 2.05) is 18.2 Å². The molecule has 0 atom stereocenters. The fourth-order valence-electron chi connectivity index (χ4n) is 3.17. The Bertz CT molecular complexity index is 1100. The first-order valence-corrected chi connectivity index (χ1v) is 9.72. The van der Waals surface area contributed by atoms with Crippen molar-refractivity contribution in [3.8, 4) is 0 Å². The number of rotatable bonds is 4. The van der Waals surface area contributed by atoms with Gasteiger partial charge in [-0.3, -0.25) is 25.0 Å². The molecule has 0 aliphatic carbocycles. The number of nitro groups is 1. The van der Waals surface area contributed by atoms with Crippen LogP contribution in [0.3, 0.4) is 0 Å². The molecule has 2 amide bonds. The van der Waals surface area contributed by atoms with Gasteiger partial charge >= 0.3 is 0 Å². The zero-order valence-corrected chi connectivity index (χ0v) is 16.0. The molecular weight excluding hydrogens is 392 g/mol. The van der Waals surface area contributed by atoms with Gasteiger partial charge in [-0.15, -0.1) is 0 Å². The van der Waals surface area contributed by atoms with E-state index in [0.717, 1.165) is 10.6 Å². The van der Waals surface area contributed by atoms with Crippen molar-refractivity contribution in [3.63, 3.8) is 0 Å². The van der Waals surface area contributed by atoms with Crippen molar-refractivity contribution in [3.05, 3.63) is 86.4 Å². The summed E-state index contributed by atoms with van der Waals surface area (Å²) in [4.78, 5) is 42.8. The van der Waals surface area contributed by atoms with Crippen LogP contribution >= 0.6 is 11.3 Å². The highest BCUT2D eigenvalue weighted by Crippen LogP contribution is 2.30. The summed E-state index contributed by atoms with van der Waals surface area (Å²) >= 11 is 1.28. The second kappa shape index (κ2) is 7.80. The molecule has 1 aliphatic rings. The topological polar surface area (TPSA) is 105 Å². The summed E-state index contributed by atoms with van der Waals surface area (Å²) in [5.41, 5.74) is 1.19. The summed E-state index contributed by atoms with van der Waals surface area (Å²) < 4.78 is 0. The molecule has 2 heterocycles. The van der Waals surface area contributed by atoms with E-state index in [4.69, 9.17) is 0 Å². The van der Waals surface area contributed by atoms with Gasteiger partial charge in [0.1, 0.15) is 5.56 Å². The zero-order valence-electron chi connectivity index (χ0n) is 15.2. The van der Waals surface area contributed by atoms with Crippen LogP contribution in [-0.4, -0.2) is 33.2 Å². The van der Waals surface area contributed by atoms with Gasteiger partial charge in [-0.05, 0) is 18.2 Å². The lowest BCUT2D eigenvalue weighted by Crippen LogP contribution is -2.35. The number of carbonyl (C=O) groups excluding carboxylic acids is 2. The van der Waals surface area contributed by atoms with Crippen LogP contribution in [0.1, 0.15) is 31.3 Å². The minimum Gasteiger partial charge on any atom is -0.333 e. The molecule has 29 heavy (non-hydrogen) atoms. The number of hydrogen-bond acceptors (Lipinski definition) is 6. The number of nitro benzene ring substituents is 1. The Morgan fingerprint density at radius 2 is 1.83 bits per heavy atom. The van der Waals surface area contributed by atoms with Crippen molar-refractivity contribution in [2.75, 3.05) is 11.9 Å². The highest BCUT2D eigenvalue weighted by Gasteiger charge is 2.26. The van der Waals surface area contributed by atoms with E-state index < -0.39 is 10.8 Å². The largest absolute Gasteiger partial charge is 0.333 e. The monoisotopic (exact) mass is 408 g/mol. The molecule has 9 heteroatoms. The van der Waals surface area contributed by atoms with Gasteiger partial charge in [0.05, 0.1) is 17.2 Å². The lowest BCUT2D eigenvalue weighted by Gasteiger charge is -2.26. The fourth-order valence-corrected chi connectivity index (χ4v) is 4.19. The van der Waals surface area contributed by atoms with Crippen molar-refractivity contribution in [1.82, 2.24) is 9.88 Å². The molecule has 0 radical (unpaired) electrons. The van der Waals surface area contributed by atoms with Crippen LogP contribution in [0.15, 0.2) is 54.6 Å². The Morgan fingerprint density at radius 1 is 1.10 bits per heavy atom. The van der Waals surface area contributed by atoms with E-state index in [0.29, 0.717) is 30.2 Å². The highest BCUT2D eigenvalue weighted by atomic mass is 32.1. The predicted molar refractivity (Wildman–Crippen MR) is 108 cm³/mol. The average molecular weight is 408 g/mol. The van der Waals surface area contributed by atoms with Crippen molar-refractivity contribution >= 4 is 34.0 Å². The third-order valence-corrected chi connectivity index (χ3v) is 5.60. The summed E-state index contributed by atoms with van der Waals surface area (Å²) in [6, 6.07) is 14.8. The molecule has 0 bridgehead atoms. The Balaban J connectivity index is 1.50. The van der Waals surface area contributed by atoms with Gasteiger partial charge in [-0.2, -0.15) is 0 Å². The van der Waals surface area contributed by atoms with E-state index >= 15 is 0 Å². The van der Waals surface area contributed by atoms with Gasteiger partial charge in [0, 0.05) is 29.5 Å². The SMILES string of the molecule is O=C(Nc1nc2c(s1)CN(C(=O)c1ccccc1)CC2)c1ccccc1[N+](=O)[O-]. The maximum Gasteiger partial charge on any atom is 0.282 e. The van der Waals surface area contributed by atoms with Crippen LogP contribution in [0.4, 0.5) is 10.8 Å². The van der Waals surface area contributed by atoms with Crippen LogP contribution < -0.4 is 5.32 Å². The zero-order chi connectivity index (χ0) is 20.4. The lowest BCUT2D eigenvalue weighted by atomic mass is 10.1. The van der Waals surface area contributed by atoms with E-state index in [1.54, 1.807) is 23.1 Å². The summed E-state index contributed by atoms with van der Waals surface area (Å²) in [5, 5.41) is 14.1. The van der Waals surface area contributed by atoms with Crippen molar-refractivity contribution < 1.29 is 14.5 Å². The van der Waals surface area contributed by atoms with Crippen molar-refractivity contribution in [1.29, 1.82) is 0 Å². The number of nitrogens with zero attached hydrogens (tertiary/aromatic N) is 3. The number of benzene rings is 2. The average Bonchev–Trinajstić information content (AvgIpc) is 3.15. The molecule has 2 aromatic carbocycles. The van der Waals surface area contributed by atoms with Gasteiger partial charge in [0.2, 0.25) is 0 Å². The summed E-state index contributed by atoms with van der Waals surface area (Å²) in [6.07, 6.45) is 0.589. The molecular formula is C20H16N4O4S. The standard InChI is InChI=1S/C20H16N4O4S/c25-18(14-8-4-5-9-16(14)24(27)28)22-20-21-15-10-11-23(12-17(15)29-20)19(26)13-6-2-1-3-7-13/h1-9H,10-12H2,(H,21,22,25). The Morgan fingerprint density at radius 3 is 2.59 bits per heavy atom. The maximum atomic E-state index is 12.7. The Kier molecular flexibility index (Phi) is 5.05. The summed E-state index contributed by atoms with van der Waals surface area (Å²) in [6.45, 7) is 0.962. The predicted octanol–water partition coefficient (Wildman–Crippen LogP) is 3.50. The lowest BCUT2D eigenvalue weighted by molar-refractivity contribution is -0.385. The maximum absolute atomic E-state index is 12.7. The van der Waals surface area contributed by atoms with Crippen LogP contribution in [0.2, 0.25) is 0 Å². The summed E-state index contributed by atoms with van der Waals surface area (Å²) in [7, 11) is 0.